The molecular formula is C23H24ClN5O4. The summed E-state index contributed by atoms with van der Waals surface area (Å²) >= 11 is 6.10. The molecule has 0 saturated heterocycles. The normalized spacial score (nSPS) is 13.4. The summed E-state index contributed by atoms with van der Waals surface area (Å²) in [7, 11) is 1.48. The van der Waals surface area contributed by atoms with E-state index in [1.165, 1.54) is 23.7 Å². The smallest absolute Gasteiger partial charge is 0.330 e. The Hall–Kier alpha value is -3.46. The molecule has 1 aliphatic rings. The minimum Gasteiger partial charge on any atom is -0.355 e. The molecule has 0 bridgehead atoms. The molecule has 0 unspecified atom stereocenters. The Kier molecular flexibility index (Phi) is 6.07. The predicted octanol–water partition coefficient (Wildman–Crippen LogP) is 2.88. The molecule has 3 N–H and O–H groups in total. The van der Waals surface area contributed by atoms with Gasteiger partial charge in [0.1, 0.15) is 0 Å². The largest absolute Gasteiger partial charge is 0.355 e. The zero-order valence-corrected chi connectivity index (χ0v) is 19.2. The molecule has 1 fully saturated rings. The third kappa shape index (κ3) is 4.54. The van der Waals surface area contributed by atoms with Crippen molar-refractivity contribution in [1.29, 1.82) is 0 Å². The van der Waals surface area contributed by atoms with Gasteiger partial charge in [0.25, 0.3) is 17.4 Å². The first kappa shape index (κ1) is 22.7. The Morgan fingerprint density at radius 1 is 1.18 bits per heavy atom. The van der Waals surface area contributed by atoms with Crippen molar-refractivity contribution in [2.45, 2.75) is 39.2 Å². The highest BCUT2D eigenvalue weighted by molar-refractivity contribution is 6.34. The highest BCUT2D eigenvalue weighted by atomic mass is 35.5. The molecule has 2 amide bonds. The fourth-order valence-corrected chi connectivity index (χ4v) is 3.91. The van der Waals surface area contributed by atoms with Crippen molar-refractivity contribution >= 4 is 40.1 Å². The zero-order chi connectivity index (χ0) is 23.9. The number of aromatic amines is 1. The minimum atomic E-state index is -0.669. The highest BCUT2D eigenvalue weighted by Crippen LogP contribution is 2.40. The number of pyridine rings is 1. The van der Waals surface area contributed by atoms with Crippen molar-refractivity contribution < 1.29 is 9.59 Å². The molecule has 0 atom stereocenters. The number of benzene rings is 1. The third-order valence-electron chi connectivity index (χ3n) is 5.45. The van der Waals surface area contributed by atoms with E-state index in [4.69, 9.17) is 11.6 Å². The molecule has 2 heterocycles. The molecule has 172 valence electrons. The van der Waals surface area contributed by atoms with Gasteiger partial charge in [-0.2, -0.15) is 0 Å². The summed E-state index contributed by atoms with van der Waals surface area (Å²) in [6, 6.07) is 6.15. The number of anilines is 1. The van der Waals surface area contributed by atoms with E-state index in [-0.39, 0.29) is 39.0 Å². The van der Waals surface area contributed by atoms with E-state index in [0.717, 1.165) is 12.8 Å². The molecule has 1 saturated carbocycles. The lowest BCUT2D eigenvalue weighted by molar-refractivity contribution is 0.0961. The van der Waals surface area contributed by atoms with E-state index in [1.807, 2.05) is 13.8 Å². The molecule has 2 aromatic heterocycles. The second kappa shape index (κ2) is 8.82. The molecule has 10 heteroatoms. The van der Waals surface area contributed by atoms with E-state index >= 15 is 0 Å². The van der Waals surface area contributed by atoms with E-state index in [9.17, 15) is 19.2 Å². The Bertz CT molecular complexity index is 1390. The number of nitrogens with one attached hydrogen (secondary N) is 3. The number of amides is 2. The van der Waals surface area contributed by atoms with Crippen LogP contribution in [-0.4, -0.2) is 33.4 Å². The van der Waals surface area contributed by atoms with E-state index in [1.54, 1.807) is 12.1 Å². The van der Waals surface area contributed by atoms with Gasteiger partial charge in [0.05, 0.1) is 21.5 Å². The van der Waals surface area contributed by atoms with E-state index in [2.05, 4.69) is 20.6 Å². The standard InChI is InChI=1S/C23H24ClN5O4/c1-11(2)10-29-19-18(22(32)28-23(29)33)15(9-17(27-19)12-4-5-12)21(31)26-13-6-7-16(24)14(8-13)20(30)25-3/h6-9,11-12H,4-5,10H2,1-3H3,(H,25,30)(H,26,31)(H,28,32,33). The summed E-state index contributed by atoms with van der Waals surface area (Å²) < 4.78 is 1.41. The first-order valence-electron chi connectivity index (χ1n) is 10.7. The molecule has 0 spiro atoms. The lowest BCUT2D eigenvalue weighted by Crippen LogP contribution is -2.33. The van der Waals surface area contributed by atoms with Crippen LogP contribution < -0.4 is 21.9 Å². The van der Waals surface area contributed by atoms with Crippen molar-refractivity contribution in [2.75, 3.05) is 12.4 Å². The SMILES string of the molecule is CNC(=O)c1cc(NC(=O)c2cc(C3CC3)nc3c2c(=O)[nH]c(=O)n3CC(C)C)ccc1Cl. The summed E-state index contributed by atoms with van der Waals surface area (Å²) in [6.45, 7) is 4.25. The second-order valence-electron chi connectivity index (χ2n) is 8.56. The number of fused-ring (bicyclic) bond motifs is 1. The van der Waals surface area contributed by atoms with Crippen LogP contribution in [0.1, 0.15) is 59.0 Å². The van der Waals surface area contributed by atoms with Crippen LogP contribution in [0.4, 0.5) is 5.69 Å². The minimum absolute atomic E-state index is 0.0534. The van der Waals surface area contributed by atoms with Crippen LogP contribution in [0.15, 0.2) is 33.9 Å². The number of H-pyrrole nitrogens is 1. The van der Waals surface area contributed by atoms with Gasteiger partial charge in [-0.15, -0.1) is 0 Å². The third-order valence-corrected chi connectivity index (χ3v) is 5.78. The summed E-state index contributed by atoms with van der Waals surface area (Å²) in [5.41, 5.74) is 0.327. The Morgan fingerprint density at radius 2 is 1.91 bits per heavy atom. The van der Waals surface area contributed by atoms with Crippen LogP contribution in [0.3, 0.4) is 0 Å². The van der Waals surface area contributed by atoms with Gasteiger partial charge in [-0.1, -0.05) is 25.4 Å². The first-order valence-corrected chi connectivity index (χ1v) is 11.1. The molecule has 33 heavy (non-hydrogen) atoms. The Morgan fingerprint density at radius 3 is 2.55 bits per heavy atom. The summed E-state index contributed by atoms with van der Waals surface area (Å²) in [6.07, 6.45) is 1.87. The Labute approximate surface area is 194 Å². The topological polar surface area (TPSA) is 126 Å². The summed E-state index contributed by atoms with van der Waals surface area (Å²) in [5.74, 6) is -0.624. The van der Waals surface area contributed by atoms with Gasteiger partial charge in [0.15, 0.2) is 5.65 Å². The fraction of sp³-hybridized carbons (Fsp3) is 0.348. The van der Waals surface area contributed by atoms with Gasteiger partial charge in [0.2, 0.25) is 0 Å². The van der Waals surface area contributed by atoms with Crippen LogP contribution >= 0.6 is 11.6 Å². The lowest BCUT2D eigenvalue weighted by Gasteiger charge is -2.15. The number of carbonyl (C=O) groups is 2. The zero-order valence-electron chi connectivity index (χ0n) is 18.5. The van der Waals surface area contributed by atoms with Gasteiger partial charge in [-0.25, -0.2) is 9.78 Å². The number of rotatable bonds is 6. The fourth-order valence-electron chi connectivity index (χ4n) is 3.71. The molecule has 9 nitrogen and oxygen atoms in total. The van der Waals surface area contributed by atoms with Crippen molar-refractivity contribution in [3.63, 3.8) is 0 Å². The van der Waals surface area contributed by atoms with Gasteiger partial charge in [0, 0.05) is 30.9 Å². The number of aromatic nitrogens is 3. The number of carbonyl (C=O) groups excluding carboxylic acids is 2. The van der Waals surface area contributed by atoms with Crippen LogP contribution in [0.2, 0.25) is 5.02 Å². The van der Waals surface area contributed by atoms with Crippen LogP contribution in [-0.2, 0) is 6.54 Å². The van der Waals surface area contributed by atoms with Crippen LogP contribution in [0, 0.1) is 5.92 Å². The molecule has 1 aliphatic carbocycles. The van der Waals surface area contributed by atoms with E-state index < -0.39 is 23.1 Å². The molecule has 3 aromatic rings. The van der Waals surface area contributed by atoms with E-state index in [0.29, 0.717) is 17.9 Å². The molecule has 0 aliphatic heterocycles. The quantitative estimate of drug-likeness (QED) is 0.511. The van der Waals surface area contributed by atoms with Gasteiger partial charge < -0.3 is 10.6 Å². The van der Waals surface area contributed by atoms with Crippen molar-refractivity contribution in [3.05, 3.63) is 66.9 Å². The molecule has 4 rings (SSSR count). The van der Waals surface area contributed by atoms with Crippen LogP contribution in [0.5, 0.6) is 0 Å². The van der Waals surface area contributed by atoms with Gasteiger partial charge >= 0.3 is 5.69 Å². The first-order chi connectivity index (χ1) is 15.7. The average molecular weight is 470 g/mol. The number of halogens is 1. The number of hydrogen-bond acceptors (Lipinski definition) is 5. The summed E-state index contributed by atoms with van der Waals surface area (Å²) in [5, 5.41) is 5.53. The van der Waals surface area contributed by atoms with Crippen LogP contribution in [0.25, 0.3) is 11.0 Å². The maximum absolute atomic E-state index is 13.3. The number of nitrogens with zero attached hydrogens (tertiary/aromatic N) is 2. The maximum Gasteiger partial charge on any atom is 0.330 e. The van der Waals surface area contributed by atoms with Crippen molar-refractivity contribution in [1.82, 2.24) is 19.9 Å². The Balaban J connectivity index is 1.85. The predicted molar refractivity (Wildman–Crippen MR) is 126 cm³/mol. The maximum atomic E-state index is 13.3. The molecule has 1 aromatic carbocycles. The van der Waals surface area contributed by atoms with Gasteiger partial charge in [-0.3, -0.25) is 23.9 Å². The lowest BCUT2D eigenvalue weighted by atomic mass is 10.1. The van der Waals surface area contributed by atoms with Crippen molar-refractivity contribution in [3.8, 4) is 0 Å². The molecular weight excluding hydrogens is 446 g/mol. The number of hydrogen-bond donors (Lipinski definition) is 3. The summed E-state index contributed by atoms with van der Waals surface area (Å²) in [4.78, 5) is 57.6. The average Bonchev–Trinajstić information content (AvgIpc) is 3.61. The van der Waals surface area contributed by atoms with Crippen molar-refractivity contribution in [2.24, 2.45) is 5.92 Å². The molecule has 0 radical (unpaired) electrons. The monoisotopic (exact) mass is 469 g/mol. The highest BCUT2D eigenvalue weighted by Gasteiger charge is 2.29. The van der Waals surface area contributed by atoms with Gasteiger partial charge in [-0.05, 0) is 43.0 Å². The second-order valence-corrected chi connectivity index (χ2v) is 8.97.